The number of carbonyl (C=O) groups is 1. The van der Waals surface area contributed by atoms with Crippen molar-refractivity contribution < 1.29 is 4.79 Å². The van der Waals surface area contributed by atoms with Crippen molar-refractivity contribution in [1.82, 2.24) is 15.1 Å². The zero-order valence-electron chi connectivity index (χ0n) is 11.0. The van der Waals surface area contributed by atoms with Crippen LogP contribution in [0.3, 0.4) is 0 Å². The number of hydrogen-bond donors (Lipinski definition) is 2. The molecular formula is C14H18N4O. The number of nitrogens with two attached hydrogens (primary N) is 1. The number of amides is 1. The molecule has 1 fully saturated rings. The first-order valence-electron chi connectivity index (χ1n) is 6.75. The first kappa shape index (κ1) is 12.0. The third-order valence-electron chi connectivity index (χ3n) is 3.90. The van der Waals surface area contributed by atoms with Crippen LogP contribution in [0.2, 0.25) is 0 Å². The van der Waals surface area contributed by atoms with Gasteiger partial charge >= 0.3 is 0 Å². The molecule has 1 aromatic carbocycles. The average molecular weight is 258 g/mol. The minimum atomic E-state index is 0.0150. The molecule has 3 N–H and O–H groups in total. The van der Waals surface area contributed by atoms with Crippen LogP contribution in [0.25, 0.3) is 10.9 Å². The van der Waals surface area contributed by atoms with Crippen molar-refractivity contribution in [3.05, 3.63) is 23.9 Å². The third kappa shape index (κ3) is 1.95. The van der Waals surface area contributed by atoms with Crippen LogP contribution < -0.4 is 5.73 Å². The molecule has 1 unspecified atom stereocenters. The van der Waals surface area contributed by atoms with Gasteiger partial charge in [-0.2, -0.15) is 5.10 Å². The Bertz CT molecular complexity index is 619. The highest BCUT2D eigenvalue weighted by molar-refractivity contribution is 6.05. The number of benzene rings is 1. The first-order chi connectivity index (χ1) is 9.20. The number of nitrogens with zero attached hydrogens (tertiary/aromatic N) is 2. The largest absolute Gasteiger partial charge is 0.399 e. The van der Waals surface area contributed by atoms with E-state index in [1.807, 2.05) is 17.0 Å². The van der Waals surface area contributed by atoms with E-state index in [9.17, 15) is 4.79 Å². The number of H-pyrrole nitrogens is 1. The molecule has 2 heterocycles. The maximum Gasteiger partial charge on any atom is 0.275 e. The second-order valence-electron chi connectivity index (χ2n) is 5.08. The summed E-state index contributed by atoms with van der Waals surface area (Å²) in [5.41, 5.74) is 7.78. The van der Waals surface area contributed by atoms with Crippen LogP contribution in [0.1, 0.15) is 36.7 Å². The van der Waals surface area contributed by atoms with Crippen LogP contribution in [-0.4, -0.2) is 33.6 Å². The summed E-state index contributed by atoms with van der Waals surface area (Å²) in [6, 6.07) is 5.82. The van der Waals surface area contributed by atoms with E-state index in [2.05, 4.69) is 17.1 Å². The molecule has 0 radical (unpaired) electrons. The molecule has 100 valence electrons. The fraction of sp³-hybridized carbons (Fsp3) is 0.429. The van der Waals surface area contributed by atoms with E-state index in [0.29, 0.717) is 17.4 Å². The van der Waals surface area contributed by atoms with Crippen LogP contribution in [0.4, 0.5) is 5.69 Å². The highest BCUT2D eigenvalue weighted by Gasteiger charge is 2.30. The van der Waals surface area contributed by atoms with Crippen LogP contribution in [0, 0.1) is 0 Å². The minimum Gasteiger partial charge on any atom is -0.399 e. The van der Waals surface area contributed by atoms with E-state index < -0.39 is 0 Å². The highest BCUT2D eigenvalue weighted by atomic mass is 16.2. The summed E-state index contributed by atoms with van der Waals surface area (Å²) >= 11 is 0. The summed E-state index contributed by atoms with van der Waals surface area (Å²) in [5.74, 6) is 0.0150. The van der Waals surface area contributed by atoms with Gasteiger partial charge in [0, 0.05) is 23.7 Å². The summed E-state index contributed by atoms with van der Waals surface area (Å²) in [6.45, 7) is 2.95. The monoisotopic (exact) mass is 258 g/mol. The molecule has 19 heavy (non-hydrogen) atoms. The maximum atomic E-state index is 12.6. The number of nitrogens with one attached hydrogen (secondary N) is 1. The van der Waals surface area contributed by atoms with Crippen molar-refractivity contribution in [2.45, 2.75) is 32.2 Å². The SMILES string of the molecule is CCC1CCCN1C(=O)c1n[nH]c2ccc(N)cc12. The van der Waals surface area contributed by atoms with Crippen LogP contribution in [-0.2, 0) is 0 Å². The summed E-state index contributed by atoms with van der Waals surface area (Å²) in [5, 5.41) is 7.89. The summed E-state index contributed by atoms with van der Waals surface area (Å²) in [4.78, 5) is 14.5. The minimum absolute atomic E-state index is 0.0150. The number of anilines is 1. The Hall–Kier alpha value is -2.04. The molecule has 1 aromatic heterocycles. The Balaban J connectivity index is 1.99. The van der Waals surface area contributed by atoms with E-state index >= 15 is 0 Å². The number of aromatic amines is 1. The number of fused-ring (bicyclic) bond motifs is 1. The van der Waals surface area contributed by atoms with E-state index in [-0.39, 0.29) is 5.91 Å². The number of aromatic nitrogens is 2. The number of hydrogen-bond acceptors (Lipinski definition) is 3. The number of rotatable bonds is 2. The van der Waals surface area contributed by atoms with Crippen molar-refractivity contribution in [1.29, 1.82) is 0 Å². The molecule has 1 aliphatic rings. The summed E-state index contributed by atoms with van der Waals surface area (Å²) < 4.78 is 0. The van der Waals surface area contributed by atoms with Gasteiger partial charge in [0.1, 0.15) is 0 Å². The van der Waals surface area contributed by atoms with E-state index in [1.165, 1.54) is 0 Å². The molecule has 1 amide bonds. The van der Waals surface area contributed by atoms with Crippen LogP contribution >= 0.6 is 0 Å². The summed E-state index contributed by atoms with van der Waals surface area (Å²) in [7, 11) is 0. The van der Waals surface area contributed by atoms with Gasteiger partial charge in [-0.05, 0) is 37.5 Å². The Morgan fingerprint density at radius 2 is 2.42 bits per heavy atom. The van der Waals surface area contributed by atoms with Gasteiger partial charge < -0.3 is 10.6 Å². The van der Waals surface area contributed by atoms with Crippen molar-refractivity contribution in [3.8, 4) is 0 Å². The van der Waals surface area contributed by atoms with Crippen LogP contribution in [0.15, 0.2) is 18.2 Å². The van der Waals surface area contributed by atoms with Crippen molar-refractivity contribution >= 4 is 22.5 Å². The molecule has 5 heteroatoms. The Morgan fingerprint density at radius 1 is 1.58 bits per heavy atom. The molecule has 5 nitrogen and oxygen atoms in total. The van der Waals surface area contributed by atoms with Gasteiger partial charge in [0.05, 0.1) is 5.52 Å². The van der Waals surface area contributed by atoms with Gasteiger partial charge in [-0.1, -0.05) is 6.92 Å². The molecule has 0 bridgehead atoms. The van der Waals surface area contributed by atoms with Gasteiger partial charge in [0.2, 0.25) is 0 Å². The quantitative estimate of drug-likeness (QED) is 0.810. The van der Waals surface area contributed by atoms with Gasteiger partial charge in [0.15, 0.2) is 5.69 Å². The lowest BCUT2D eigenvalue weighted by Gasteiger charge is -2.22. The zero-order valence-corrected chi connectivity index (χ0v) is 11.0. The van der Waals surface area contributed by atoms with Gasteiger partial charge in [-0.3, -0.25) is 9.89 Å². The predicted molar refractivity (Wildman–Crippen MR) is 74.9 cm³/mol. The van der Waals surface area contributed by atoms with Crippen molar-refractivity contribution in [2.24, 2.45) is 0 Å². The number of likely N-dealkylation sites (tertiary alicyclic amines) is 1. The molecule has 2 aromatic rings. The lowest BCUT2D eigenvalue weighted by atomic mass is 10.1. The fourth-order valence-electron chi connectivity index (χ4n) is 2.86. The smallest absolute Gasteiger partial charge is 0.275 e. The Kier molecular flexibility index (Phi) is 2.89. The molecule has 1 atom stereocenters. The standard InChI is InChI=1S/C14H18N4O/c1-2-10-4-3-7-18(10)14(19)13-11-8-9(15)5-6-12(11)16-17-13/h5-6,8,10H,2-4,7,15H2,1H3,(H,16,17). The molecule has 0 spiro atoms. The van der Waals surface area contributed by atoms with Gasteiger partial charge in [-0.15, -0.1) is 0 Å². The lowest BCUT2D eigenvalue weighted by Crippen LogP contribution is -2.35. The normalized spacial score (nSPS) is 19.2. The average Bonchev–Trinajstić information content (AvgIpc) is 3.03. The first-order valence-corrected chi connectivity index (χ1v) is 6.75. The molecular weight excluding hydrogens is 240 g/mol. The number of carbonyl (C=O) groups excluding carboxylic acids is 1. The second kappa shape index (κ2) is 4.57. The Labute approximate surface area is 111 Å². The van der Waals surface area contributed by atoms with Crippen molar-refractivity contribution in [2.75, 3.05) is 12.3 Å². The van der Waals surface area contributed by atoms with Crippen LogP contribution in [0.5, 0.6) is 0 Å². The molecule has 1 saturated heterocycles. The fourth-order valence-corrected chi connectivity index (χ4v) is 2.86. The zero-order chi connectivity index (χ0) is 13.4. The summed E-state index contributed by atoms with van der Waals surface area (Å²) in [6.07, 6.45) is 3.16. The predicted octanol–water partition coefficient (Wildman–Crippen LogP) is 2.16. The molecule has 0 saturated carbocycles. The van der Waals surface area contributed by atoms with Crippen molar-refractivity contribution in [3.63, 3.8) is 0 Å². The van der Waals surface area contributed by atoms with E-state index in [0.717, 1.165) is 36.7 Å². The third-order valence-corrected chi connectivity index (χ3v) is 3.90. The molecule has 0 aliphatic carbocycles. The Morgan fingerprint density at radius 3 is 3.21 bits per heavy atom. The second-order valence-corrected chi connectivity index (χ2v) is 5.08. The lowest BCUT2D eigenvalue weighted by molar-refractivity contribution is 0.0729. The molecule has 1 aliphatic heterocycles. The van der Waals surface area contributed by atoms with Gasteiger partial charge in [-0.25, -0.2) is 0 Å². The van der Waals surface area contributed by atoms with E-state index in [4.69, 9.17) is 5.73 Å². The highest BCUT2D eigenvalue weighted by Crippen LogP contribution is 2.25. The maximum absolute atomic E-state index is 12.6. The van der Waals surface area contributed by atoms with E-state index in [1.54, 1.807) is 6.07 Å². The molecule has 3 rings (SSSR count). The topological polar surface area (TPSA) is 75.0 Å². The van der Waals surface area contributed by atoms with Gasteiger partial charge in [0.25, 0.3) is 5.91 Å². The number of nitrogen functional groups attached to an aromatic ring is 1.